The van der Waals surface area contributed by atoms with E-state index in [0.717, 1.165) is 54.6 Å². The first-order chi connectivity index (χ1) is 14.6. The third-order valence-corrected chi connectivity index (χ3v) is 5.50. The molecule has 0 spiro atoms. The lowest BCUT2D eigenvalue weighted by molar-refractivity contribution is 0.159. The predicted octanol–water partition coefficient (Wildman–Crippen LogP) is 2.53. The summed E-state index contributed by atoms with van der Waals surface area (Å²) in [6, 6.07) is 9.16. The van der Waals surface area contributed by atoms with Gasteiger partial charge >= 0.3 is 0 Å². The van der Waals surface area contributed by atoms with Gasteiger partial charge in [-0.05, 0) is 37.6 Å². The Kier molecular flexibility index (Phi) is 4.69. The van der Waals surface area contributed by atoms with Crippen LogP contribution in [0.1, 0.15) is 24.1 Å². The monoisotopic (exact) mass is 408 g/mol. The molecule has 3 aromatic rings. The molecule has 2 aliphatic rings. The van der Waals surface area contributed by atoms with Crippen molar-refractivity contribution >= 4 is 11.5 Å². The molecule has 0 bridgehead atoms. The zero-order chi connectivity index (χ0) is 20.7. The molecule has 30 heavy (non-hydrogen) atoms. The van der Waals surface area contributed by atoms with Gasteiger partial charge in [0.25, 0.3) is 5.56 Å². The van der Waals surface area contributed by atoms with Crippen molar-refractivity contribution in [3.8, 4) is 17.2 Å². The first-order valence-corrected chi connectivity index (χ1v) is 10.3. The molecule has 2 aromatic heterocycles. The molecule has 0 aliphatic carbocycles. The van der Waals surface area contributed by atoms with Crippen LogP contribution in [0, 0.1) is 13.8 Å². The fraction of sp³-hybridized carbons (Fsp3) is 0.409. The SMILES string of the molecule is Cc1cc(=O)n2nc(N3CCC(Oc4ccc5c(c4)OCCO5)CC3)c(C)cc2n1. The van der Waals surface area contributed by atoms with Crippen LogP contribution >= 0.6 is 0 Å². The lowest BCUT2D eigenvalue weighted by Gasteiger charge is -2.33. The zero-order valence-electron chi connectivity index (χ0n) is 17.1. The van der Waals surface area contributed by atoms with Gasteiger partial charge in [0, 0.05) is 43.8 Å². The van der Waals surface area contributed by atoms with Crippen molar-refractivity contribution in [2.75, 3.05) is 31.2 Å². The van der Waals surface area contributed by atoms with E-state index in [1.165, 1.54) is 10.6 Å². The fourth-order valence-electron chi connectivity index (χ4n) is 4.03. The number of hydrogen-bond acceptors (Lipinski definition) is 7. The standard InChI is InChI=1S/C22H24N4O4/c1-14-11-20-23-15(2)12-21(27)26(20)24-22(14)25-7-5-16(6-8-25)30-17-3-4-18-19(13-17)29-10-9-28-18/h3-4,11-13,16H,5-10H2,1-2H3. The van der Waals surface area contributed by atoms with Crippen molar-refractivity contribution in [2.24, 2.45) is 0 Å². The molecule has 0 atom stereocenters. The molecule has 0 N–H and O–H groups in total. The van der Waals surface area contributed by atoms with E-state index in [0.29, 0.717) is 24.6 Å². The quantitative estimate of drug-likeness (QED) is 0.659. The van der Waals surface area contributed by atoms with Crippen LogP contribution in [0.3, 0.4) is 0 Å². The Balaban J connectivity index is 1.29. The molecular formula is C22H24N4O4. The summed E-state index contributed by atoms with van der Waals surface area (Å²) in [5.41, 5.74) is 2.14. The first kappa shape index (κ1) is 18.7. The number of aryl methyl sites for hydroxylation is 2. The third-order valence-electron chi connectivity index (χ3n) is 5.50. The number of hydrogen-bond donors (Lipinski definition) is 0. The van der Waals surface area contributed by atoms with Crippen LogP contribution < -0.4 is 24.7 Å². The highest BCUT2D eigenvalue weighted by molar-refractivity contribution is 5.53. The number of rotatable bonds is 3. The highest BCUT2D eigenvalue weighted by atomic mass is 16.6. The maximum Gasteiger partial charge on any atom is 0.274 e. The zero-order valence-corrected chi connectivity index (χ0v) is 17.1. The van der Waals surface area contributed by atoms with Gasteiger partial charge in [-0.2, -0.15) is 4.52 Å². The molecule has 1 saturated heterocycles. The number of fused-ring (bicyclic) bond motifs is 2. The largest absolute Gasteiger partial charge is 0.490 e. The summed E-state index contributed by atoms with van der Waals surface area (Å²) < 4.78 is 18.8. The molecule has 8 nitrogen and oxygen atoms in total. The molecular weight excluding hydrogens is 384 g/mol. The van der Waals surface area contributed by atoms with Crippen molar-refractivity contribution in [2.45, 2.75) is 32.8 Å². The topological polar surface area (TPSA) is 78.2 Å². The van der Waals surface area contributed by atoms with Gasteiger partial charge in [0.1, 0.15) is 25.1 Å². The predicted molar refractivity (Wildman–Crippen MR) is 112 cm³/mol. The number of nitrogens with zero attached hydrogens (tertiary/aromatic N) is 4. The van der Waals surface area contributed by atoms with E-state index in [-0.39, 0.29) is 11.7 Å². The smallest absolute Gasteiger partial charge is 0.274 e. The number of benzene rings is 1. The summed E-state index contributed by atoms with van der Waals surface area (Å²) in [6.07, 6.45) is 1.86. The molecule has 0 radical (unpaired) electrons. The van der Waals surface area contributed by atoms with Crippen molar-refractivity contribution in [3.05, 3.63) is 51.9 Å². The summed E-state index contributed by atoms with van der Waals surface area (Å²) in [5.74, 6) is 3.13. The average Bonchev–Trinajstić information content (AvgIpc) is 2.74. The highest BCUT2D eigenvalue weighted by Gasteiger charge is 2.24. The molecule has 1 aromatic carbocycles. The van der Waals surface area contributed by atoms with Crippen LogP contribution in [-0.2, 0) is 0 Å². The van der Waals surface area contributed by atoms with E-state index in [2.05, 4.69) is 15.0 Å². The third kappa shape index (κ3) is 3.53. The second-order valence-corrected chi connectivity index (χ2v) is 7.77. The van der Waals surface area contributed by atoms with Crippen molar-refractivity contribution in [1.29, 1.82) is 0 Å². The minimum atomic E-state index is -0.157. The number of anilines is 1. The van der Waals surface area contributed by atoms with Crippen LogP contribution in [0.15, 0.2) is 35.1 Å². The Morgan fingerprint density at radius 2 is 1.80 bits per heavy atom. The second kappa shape index (κ2) is 7.51. The van der Waals surface area contributed by atoms with E-state index in [4.69, 9.17) is 14.2 Å². The van der Waals surface area contributed by atoms with Crippen LogP contribution in [-0.4, -0.2) is 47.0 Å². The maximum atomic E-state index is 12.3. The number of piperidine rings is 1. The Morgan fingerprint density at radius 1 is 1.03 bits per heavy atom. The van der Waals surface area contributed by atoms with E-state index < -0.39 is 0 Å². The Labute approximate surface area is 174 Å². The maximum absolute atomic E-state index is 12.3. The van der Waals surface area contributed by atoms with Crippen molar-refractivity contribution in [1.82, 2.24) is 14.6 Å². The number of ether oxygens (including phenoxy) is 3. The summed E-state index contributed by atoms with van der Waals surface area (Å²) in [7, 11) is 0. The normalized spacial score (nSPS) is 16.7. The Hall–Kier alpha value is -3.29. The Bertz CT molecular complexity index is 1150. The van der Waals surface area contributed by atoms with Gasteiger partial charge in [0.05, 0.1) is 0 Å². The van der Waals surface area contributed by atoms with Gasteiger partial charge in [0.2, 0.25) is 0 Å². The van der Waals surface area contributed by atoms with Gasteiger partial charge in [-0.3, -0.25) is 4.79 Å². The molecule has 1 fully saturated rings. The van der Waals surface area contributed by atoms with Crippen molar-refractivity contribution < 1.29 is 14.2 Å². The van der Waals surface area contributed by atoms with Crippen LogP contribution in [0.5, 0.6) is 17.2 Å². The minimum Gasteiger partial charge on any atom is -0.490 e. The van der Waals surface area contributed by atoms with Gasteiger partial charge in [-0.1, -0.05) is 0 Å². The van der Waals surface area contributed by atoms with Crippen LogP contribution in [0.4, 0.5) is 5.82 Å². The van der Waals surface area contributed by atoms with Gasteiger partial charge in [-0.15, -0.1) is 5.10 Å². The number of aromatic nitrogens is 3. The minimum absolute atomic E-state index is 0.122. The van der Waals surface area contributed by atoms with Crippen molar-refractivity contribution in [3.63, 3.8) is 0 Å². The molecule has 8 heteroatoms. The molecule has 5 rings (SSSR count). The lowest BCUT2D eigenvalue weighted by Crippen LogP contribution is -2.39. The molecule has 4 heterocycles. The molecule has 0 saturated carbocycles. The van der Waals surface area contributed by atoms with Crippen LogP contribution in [0.2, 0.25) is 0 Å². The fourth-order valence-corrected chi connectivity index (χ4v) is 4.03. The van der Waals surface area contributed by atoms with E-state index in [1.54, 1.807) is 0 Å². The summed E-state index contributed by atoms with van der Waals surface area (Å²) in [6.45, 7) is 6.58. The molecule has 0 unspecified atom stereocenters. The van der Waals surface area contributed by atoms with Gasteiger partial charge in [0.15, 0.2) is 23.0 Å². The lowest BCUT2D eigenvalue weighted by atomic mass is 10.1. The van der Waals surface area contributed by atoms with Gasteiger partial charge in [-0.25, -0.2) is 4.98 Å². The first-order valence-electron chi connectivity index (χ1n) is 10.3. The molecule has 0 amide bonds. The Morgan fingerprint density at radius 3 is 2.60 bits per heavy atom. The van der Waals surface area contributed by atoms with E-state index in [9.17, 15) is 4.79 Å². The second-order valence-electron chi connectivity index (χ2n) is 7.77. The summed E-state index contributed by atoms with van der Waals surface area (Å²) >= 11 is 0. The molecule has 2 aliphatic heterocycles. The van der Waals surface area contributed by atoms with Crippen LogP contribution in [0.25, 0.3) is 5.65 Å². The average molecular weight is 408 g/mol. The molecule has 156 valence electrons. The summed E-state index contributed by atoms with van der Waals surface area (Å²) in [5, 5.41) is 4.59. The van der Waals surface area contributed by atoms with Gasteiger partial charge < -0.3 is 19.1 Å². The summed E-state index contributed by atoms with van der Waals surface area (Å²) in [4.78, 5) is 18.9. The van der Waals surface area contributed by atoms with E-state index >= 15 is 0 Å². The highest BCUT2D eigenvalue weighted by Crippen LogP contribution is 2.34. The van der Waals surface area contributed by atoms with E-state index in [1.807, 2.05) is 38.1 Å².